The third-order valence-corrected chi connectivity index (χ3v) is 5.00. The van der Waals surface area contributed by atoms with E-state index in [1.807, 2.05) is 18.2 Å². The fraction of sp³-hybridized carbons (Fsp3) is 0.529. The zero-order chi connectivity index (χ0) is 16.6. The molecule has 6 nitrogen and oxygen atoms in total. The topological polar surface area (TPSA) is 75.9 Å². The number of nitrogens with two attached hydrogens (primary N) is 1. The molecule has 0 bridgehead atoms. The smallest absolute Gasteiger partial charge is 0.247 e. The Morgan fingerprint density at radius 1 is 1.26 bits per heavy atom. The quantitative estimate of drug-likeness (QED) is 0.861. The van der Waals surface area contributed by atoms with Gasteiger partial charge in [-0.05, 0) is 30.0 Å². The summed E-state index contributed by atoms with van der Waals surface area (Å²) in [5.41, 5.74) is 7.40. The number of carbonyl (C=O) groups is 2. The van der Waals surface area contributed by atoms with Crippen molar-refractivity contribution in [1.29, 1.82) is 0 Å². The van der Waals surface area contributed by atoms with Crippen LogP contribution in [0.5, 0.6) is 5.75 Å². The van der Waals surface area contributed by atoms with E-state index in [4.69, 9.17) is 10.5 Å². The summed E-state index contributed by atoms with van der Waals surface area (Å²) >= 11 is 0. The van der Waals surface area contributed by atoms with Crippen LogP contribution in [0.4, 0.5) is 0 Å². The highest BCUT2D eigenvalue weighted by atomic mass is 16.5. The van der Waals surface area contributed by atoms with Gasteiger partial charge in [0.25, 0.3) is 0 Å². The molecule has 1 aliphatic heterocycles. The summed E-state index contributed by atoms with van der Waals surface area (Å²) < 4.78 is 5.39. The second kappa shape index (κ2) is 5.85. The zero-order valence-electron chi connectivity index (χ0n) is 13.7. The van der Waals surface area contributed by atoms with Crippen LogP contribution < -0.4 is 10.5 Å². The second-order valence-electron chi connectivity index (χ2n) is 6.32. The number of hydrogen-bond acceptors (Lipinski definition) is 4. The van der Waals surface area contributed by atoms with Gasteiger partial charge in [-0.15, -0.1) is 0 Å². The van der Waals surface area contributed by atoms with Crippen LogP contribution in [0.1, 0.15) is 24.0 Å². The molecule has 0 saturated carbocycles. The molecular weight excluding hydrogens is 294 g/mol. The molecule has 1 aromatic carbocycles. The number of amides is 2. The number of nitrogens with zero attached hydrogens (tertiary/aromatic N) is 2. The molecule has 1 unspecified atom stereocenters. The Bertz CT molecular complexity index is 646. The predicted octanol–water partition coefficient (Wildman–Crippen LogP) is 0.486. The SMILES string of the molecule is COc1cccc2c1CCC2(N)C(=O)N1CCC(=O)N(C)CC1. The number of benzene rings is 1. The second-order valence-corrected chi connectivity index (χ2v) is 6.32. The molecule has 2 aliphatic rings. The average molecular weight is 317 g/mol. The summed E-state index contributed by atoms with van der Waals surface area (Å²) in [6.07, 6.45) is 1.65. The van der Waals surface area contributed by atoms with Crippen LogP contribution in [0.2, 0.25) is 0 Å². The number of hydrogen-bond donors (Lipinski definition) is 1. The van der Waals surface area contributed by atoms with E-state index in [1.54, 1.807) is 24.0 Å². The van der Waals surface area contributed by atoms with E-state index in [0.717, 1.165) is 23.3 Å². The van der Waals surface area contributed by atoms with Gasteiger partial charge in [0.05, 0.1) is 7.11 Å². The van der Waals surface area contributed by atoms with Crippen molar-refractivity contribution in [3.05, 3.63) is 29.3 Å². The highest BCUT2D eigenvalue weighted by Crippen LogP contribution is 2.40. The van der Waals surface area contributed by atoms with Gasteiger partial charge in [0.1, 0.15) is 11.3 Å². The Morgan fingerprint density at radius 3 is 2.78 bits per heavy atom. The summed E-state index contributed by atoms with van der Waals surface area (Å²) in [6, 6.07) is 5.68. The molecule has 3 rings (SSSR count). The molecule has 1 aromatic rings. The summed E-state index contributed by atoms with van der Waals surface area (Å²) in [6.45, 7) is 1.51. The van der Waals surface area contributed by atoms with E-state index in [1.165, 1.54) is 0 Å². The molecule has 0 radical (unpaired) electrons. The summed E-state index contributed by atoms with van der Waals surface area (Å²) in [5, 5.41) is 0. The lowest BCUT2D eigenvalue weighted by Gasteiger charge is -2.31. The van der Waals surface area contributed by atoms with Crippen molar-refractivity contribution in [2.45, 2.75) is 24.8 Å². The molecule has 0 spiro atoms. The van der Waals surface area contributed by atoms with E-state index in [9.17, 15) is 9.59 Å². The van der Waals surface area contributed by atoms with E-state index >= 15 is 0 Å². The standard InChI is InChI=1S/C17H23N3O3/c1-19-10-11-20(9-7-15(19)21)16(22)17(18)8-6-12-13(17)4-3-5-14(12)23-2/h3-5H,6-11,18H2,1-2H3. The van der Waals surface area contributed by atoms with Gasteiger partial charge in [0.2, 0.25) is 11.8 Å². The number of fused-ring (bicyclic) bond motifs is 1. The first-order valence-electron chi connectivity index (χ1n) is 7.96. The number of rotatable bonds is 2. The van der Waals surface area contributed by atoms with Crippen LogP contribution in [-0.2, 0) is 21.5 Å². The fourth-order valence-electron chi connectivity index (χ4n) is 3.53. The fourth-order valence-corrected chi connectivity index (χ4v) is 3.53. The van der Waals surface area contributed by atoms with Gasteiger partial charge < -0.3 is 20.3 Å². The van der Waals surface area contributed by atoms with Crippen molar-refractivity contribution < 1.29 is 14.3 Å². The number of ether oxygens (including phenoxy) is 1. The Morgan fingerprint density at radius 2 is 2.04 bits per heavy atom. The van der Waals surface area contributed by atoms with E-state index < -0.39 is 5.54 Å². The molecule has 1 heterocycles. The van der Waals surface area contributed by atoms with Crippen LogP contribution in [0.15, 0.2) is 18.2 Å². The normalized spacial score (nSPS) is 24.4. The molecule has 6 heteroatoms. The molecule has 0 aromatic heterocycles. The molecular formula is C17H23N3O3. The first kappa shape index (κ1) is 15.8. The number of carbonyl (C=O) groups excluding carboxylic acids is 2. The summed E-state index contributed by atoms with van der Waals surface area (Å²) in [5.74, 6) is 0.765. The zero-order valence-corrected chi connectivity index (χ0v) is 13.7. The van der Waals surface area contributed by atoms with Gasteiger partial charge >= 0.3 is 0 Å². The molecule has 2 amide bonds. The van der Waals surface area contributed by atoms with Crippen molar-refractivity contribution in [3.8, 4) is 5.75 Å². The summed E-state index contributed by atoms with van der Waals surface area (Å²) in [4.78, 5) is 28.3. The first-order valence-corrected chi connectivity index (χ1v) is 7.96. The van der Waals surface area contributed by atoms with Gasteiger partial charge in [0.15, 0.2) is 0 Å². The van der Waals surface area contributed by atoms with Crippen molar-refractivity contribution in [3.63, 3.8) is 0 Å². The van der Waals surface area contributed by atoms with Gasteiger partial charge in [0, 0.05) is 33.1 Å². The lowest BCUT2D eigenvalue weighted by Crippen LogP contribution is -2.52. The molecule has 1 fully saturated rings. The molecule has 23 heavy (non-hydrogen) atoms. The van der Waals surface area contributed by atoms with Gasteiger partial charge in [-0.25, -0.2) is 0 Å². The molecule has 1 saturated heterocycles. The molecule has 1 aliphatic carbocycles. The molecule has 1 atom stereocenters. The average Bonchev–Trinajstić information content (AvgIpc) is 2.83. The highest BCUT2D eigenvalue weighted by molar-refractivity contribution is 5.90. The maximum Gasteiger partial charge on any atom is 0.247 e. The van der Waals surface area contributed by atoms with Crippen LogP contribution in [0.25, 0.3) is 0 Å². The van der Waals surface area contributed by atoms with E-state index in [2.05, 4.69) is 0 Å². The largest absolute Gasteiger partial charge is 0.496 e. The number of methoxy groups -OCH3 is 1. The highest BCUT2D eigenvalue weighted by Gasteiger charge is 2.45. The van der Waals surface area contributed by atoms with Gasteiger partial charge in [-0.2, -0.15) is 0 Å². The van der Waals surface area contributed by atoms with Crippen LogP contribution in [0, 0.1) is 0 Å². The predicted molar refractivity (Wildman–Crippen MR) is 86.0 cm³/mol. The van der Waals surface area contributed by atoms with E-state index in [0.29, 0.717) is 32.5 Å². The van der Waals surface area contributed by atoms with E-state index in [-0.39, 0.29) is 11.8 Å². The minimum atomic E-state index is -1.02. The van der Waals surface area contributed by atoms with Crippen molar-refractivity contribution in [2.24, 2.45) is 5.73 Å². The monoisotopic (exact) mass is 317 g/mol. The minimum Gasteiger partial charge on any atom is -0.496 e. The lowest BCUT2D eigenvalue weighted by atomic mass is 9.91. The maximum absolute atomic E-state index is 13.1. The summed E-state index contributed by atoms with van der Waals surface area (Å²) in [7, 11) is 3.40. The first-order chi connectivity index (χ1) is 11.0. The Labute approximate surface area is 136 Å². The van der Waals surface area contributed by atoms with Crippen molar-refractivity contribution in [2.75, 3.05) is 33.8 Å². The molecule has 2 N–H and O–H groups in total. The van der Waals surface area contributed by atoms with Crippen molar-refractivity contribution in [1.82, 2.24) is 9.80 Å². The Kier molecular flexibility index (Phi) is 4.02. The Hall–Kier alpha value is -2.08. The third-order valence-electron chi connectivity index (χ3n) is 5.00. The maximum atomic E-state index is 13.1. The van der Waals surface area contributed by atoms with Crippen molar-refractivity contribution >= 4 is 11.8 Å². The number of likely N-dealkylation sites (N-methyl/N-ethyl adjacent to an activating group) is 1. The van der Waals surface area contributed by atoms with Gasteiger partial charge in [-0.1, -0.05) is 12.1 Å². The van der Waals surface area contributed by atoms with Crippen LogP contribution in [-0.4, -0.2) is 55.4 Å². The lowest BCUT2D eigenvalue weighted by molar-refractivity contribution is -0.137. The minimum absolute atomic E-state index is 0.0693. The molecule has 124 valence electrons. The van der Waals surface area contributed by atoms with Gasteiger partial charge in [-0.3, -0.25) is 9.59 Å². The third kappa shape index (κ3) is 2.57. The van der Waals surface area contributed by atoms with Crippen LogP contribution >= 0.6 is 0 Å². The Balaban J connectivity index is 1.88. The van der Waals surface area contributed by atoms with Crippen LogP contribution in [0.3, 0.4) is 0 Å².